The molecule has 0 unspecified atom stereocenters. The van der Waals surface area contributed by atoms with Crippen LogP contribution in [0.2, 0.25) is 0 Å². The molecule has 6 heteroatoms. The van der Waals surface area contributed by atoms with Crippen LogP contribution in [0.1, 0.15) is 32.2 Å². The van der Waals surface area contributed by atoms with Crippen LogP contribution in [0, 0.1) is 19.7 Å². The van der Waals surface area contributed by atoms with Crippen LogP contribution in [0.15, 0.2) is 47.8 Å². The third-order valence-electron chi connectivity index (χ3n) is 4.06. The highest BCUT2D eigenvalue weighted by molar-refractivity contribution is 7.09. The average molecular weight is 370 g/mol. The second-order valence-corrected chi connectivity index (χ2v) is 6.87. The molecule has 0 aliphatic carbocycles. The van der Waals surface area contributed by atoms with Gasteiger partial charge in [-0.1, -0.05) is 24.3 Å². The van der Waals surface area contributed by atoms with Crippen molar-refractivity contribution in [1.82, 2.24) is 10.3 Å². The molecular formula is C20H19FN2O2S. The van der Waals surface area contributed by atoms with Gasteiger partial charge >= 0.3 is 0 Å². The summed E-state index contributed by atoms with van der Waals surface area (Å²) in [5.41, 5.74) is 3.45. The number of nitrogens with zero attached hydrogens (tertiary/aromatic N) is 1. The SMILES string of the molecule is Cc1cccc(OCc2nc(C(=O)NCc3ccc(F)cc3)cs2)c1C. The Morgan fingerprint density at radius 1 is 1.19 bits per heavy atom. The number of amides is 1. The standard InChI is InChI=1S/C20H19FN2O2S/c1-13-4-3-5-18(14(13)2)25-11-19-23-17(12-26-19)20(24)22-10-15-6-8-16(21)9-7-15/h3-9,12H,10-11H2,1-2H3,(H,22,24). The number of benzene rings is 2. The van der Waals surface area contributed by atoms with Gasteiger partial charge in [0.05, 0.1) is 0 Å². The van der Waals surface area contributed by atoms with Crippen LogP contribution in [0.3, 0.4) is 0 Å². The molecule has 1 aromatic heterocycles. The van der Waals surface area contributed by atoms with Gasteiger partial charge in [0.15, 0.2) is 0 Å². The number of aromatic nitrogens is 1. The number of thiazole rings is 1. The number of nitrogens with one attached hydrogen (secondary N) is 1. The van der Waals surface area contributed by atoms with Crippen LogP contribution < -0.4 is 10.1 Å². The summed E-state index contributed by atoms with van der Waals surface area (Å²) in [5, 5.41) is 5.22. The van der Waals surface area contributed by atoms with Gasteiger partial charge < -0.3 is 10.1 Å². The smallest absolute Gasteiger partial charge is 0.271 e. The molecule has 0 radical (unpaired) electrons. The largest absolute Gasteiger partial charge is 0.486 e. The maximum atomic E-state index is 12.9. The van der Waals surface area contributed by atoms with Crippen molar-refractivity contribution in [3.63, 3.8) is 0 Å². The van der Waals surface area contributed by atoms with Gasteiger partial charge in [-0.2, -0.15) is 0 Å². The lowest BCUT2D eigenvalue weighted by Gasteiger charge is -2.09. The van der Waals surface area contributed by atoms with Gasteiger partial charge in [-0.15, -0.1) is 11.3 Å². The van der Waals surface area contributed by atoms with Gasteiger partial charge in [-0.25, -0.2) is 9.37 Å². The predicted molar refractivity (Wildman–Crippen MR) is 99.9 cm³/mol. The first-order chi connectivity index (χ1) is 12.5. The lowest BCUT2D eigenvalue weighted by atomic mass is 10.1. The van der Waals surface area contributed by atoms with Crippen LogP contribution >= 0.6 is 11.3 Å². The molecule has 4 nitrogen and oxygen atoms in total. The summed E-state index contributed by atoms with van der Waals surface area (Å²) >= 11 is 1.38. The molecule has 1 N–H and O–H groups in total. The number of rotatable bonds is 6. The van der Waals surface area contributed by atoms with Crippen LogP contribution in [0.5, 0.6) is 5.75 Å². The monoisotopic (exact) mass is 370 g/mol. The van der Waals surface area contributed by atoms with E-state index < -0.39 is 0 Å². The molecule has 134 valence electrons. The molecular weight excluding hydrogens is 351 g/mol. The molecule has 3 aromatic rings. The normalized spacial score (nSPS) is 10.6. The first kappa shape index (κ1) is 18.1. The number of carbonyl (C=O) groups excluding carboxylic acids is 1. The van der Waals surface area contributed by atoms with Crippen molar-refractivity contribution in [1.29, 1.82) is 0 Å². The summed E-state index contributed by atoms with van der Waals surface area (Å²) in [6, 6.07) is 11.9. The number of hydrogen-bond acceptors (Lipinski definition) is 4. The van der Waals surface area contributed by atoms with E-state index in [2.05, 4.69) is 10.3 Å². The van der Waals surface area contributed by atoms with Crippen molar-refractivity contribution < 1.29 is 13.9 Å². The van der Waals surface area contributed by atoms with E-state index in [9.17, 15) is 9.18 Å². The fraction of sp³-hybridized carbons (Fsp3) is 0.200. The molecule has 2 aromatic carbocycles. The van der Waals surface area contributed by atoms with Crippen molar-refractivity contribution in [2.45, 2.75) is 27.0 Å². The highest BCUT2D eigenvalue weighted by Gasteiger charge is 2.11. The van der Waals surface area contributed by atoms with Crippen molar-refractivity contribution in [2.24, 2.45) is 0 Å². The molecule has 0 atom stereocenters. The quantitative estimate of drug-likeness (QED) is 0.699. The van der Waals surface area contributed by atoms with E-state index in [0.717, 1.165) is 21.9 Å². The Hall–Kier alpha value is -2.73. The Bertz CT molecular complexity index is 906. The molecule has 1 amide bonds. The Morgan fingerprint density at radius 2 is 1.96 bits per heavy atom. The Kier molecular flexibility index (Phi) is 5.63. The topological polar surface area (TPSA) is 51.2 Å². The first-order valence-electron chi connectivity index (χ1n) is 8.19. The van der Waals surface area contributed by atoms with E-state index in [0.29, 0.717) is 18.8 Å². The highest BCUT2D eigenvalue weighted by Crippen LogP contribution is 2.22. The number of aryl methyl sites for hydroxylation is 1. The number of carbonyl (C=O) groups is 1. The maximum absolute atomic E-state index is 12.9. The van der Waals surface area contributed by atoms with Gasteiger partial charge in [0.25, 0.3) is 5.91 Å². The molecule has 0 aliphatic heterocycles. The van der Waals surface area contributed by atoms with Gasteiger partial charge in [0, 0.05) is 11.9 Å². The summed E-state index contributed by atoms with van der Waals surface area (Å²) in [6.07, 6.45) is 0. The Morgan fingerprint density at radius 3 is 2.73 bits per heavy atom. The van der Waals surface area contributed by atoms with Crippen LogP contribution in [-0.2, 0) is 13.2 Å². The molecule has 0 bridgehead atoms. The summed E-state index contributed by atoms with van der Waals surface area (Å²) in [7, 11) is 0. The number of halogens is 1. The zero-order valence-electron chi connectivity index (χ0n) is 14.6. The van der Waals surface area contributed by atoms with Crippen molar-refractivity contribution >= 4 is 17.2 Å². The zero-order chi connectivity index (χ0) is 18.5. The third kappa shape index (κ3) is 4.46. The van der Waals surface area contributed by atoms with Gasteiger partial charge in [-0.05, 0) is 48.7 Å². The van der Waals surface area contributed by atoms with Crippen molar-refractivity contribution in [2.75, 3.05) is 0 Å². The van der Waals surface area contributed by atoms with Crippen LogP contribution in [0.25, 0.3) is 0 Å². The van der Waals surface area contributed by atoms with Crippen LogP contribution in [-0.4, -0.2) is 10.9 Å². The second kappa shape index (κ2) is 8.10. The van der Waals surface area contributed by atoms with Gasteiger partial charge in [0.1, 0.15) is 28.9 Å². The Labute approximate surface area is 155 Å². The lowest BCUT2D eigenvalue weighted by Crippen LogP contribution is -2.23. The first-order valence-corrected chi connectivity index (χ1v) is 9.07. The fourth-order valence-corrected chi connectivity index (χ4v) is 3.06. The molecule has 0 spiro atoms. The molecule has 0 aliphatic rings. The van der Waals surface area contributed by atoms with Gasteiger partial charge in [0.2, 0.25) is 0 Å². The summed E-state index contributed by atoms with van der Waals surface area (Å²) in [4.78, 5) is 16.5. The minimum absolute atomic E-state index is 0.261. The summed E-state index contributed by atoms with van der Waals surface area (Å²) < 4.78 is 18.7. The molecule has 0 saturated heterocycles. The van der Waals surface area contributed by atoms with Crippen LogP contribution in [0.4, 0.5) is 4.39 Å². The highest BCUT2D eigenvalue weighted by atomic mass is 32.1. The molecule has 0 saturated carbocycles. The van der Waals surface area contributed by atoms with Gasteiger partial charge in [-0.3, -0.25) is 4.79 Å². The van der Waals surface area contributed by atoms with E-state index in [-0.39, 0.29) is 11.7 Å². The maximum Gasteiger partial charge on any atom is 0.271 e. The minimum Gasteiger partial charge on any atom is -0.486 e. The molecule has 3 rings (SSSR count). The average Bonchev–Trinajstić information content (AvgIpc) is 3.11. The third-order valence-corrected chi connectivity index (χ3v) is 4.88. The number of hydrogen-bond donors (Lipinski definition) is 1. The molecule has 1 heterocycles. The van der Waals surface area contributed by atoms with Crippen molar-refractivity contribution in [3.05, 3.63) is 81.1 Å². The zero-order valence-corrected chi connectivity index (χ0v) is 15.4. The van der Waals surface area contributed by atoms with Crippen molar-refractivity contribution in [3.8, 4) is 5.75 Å². The second-order valence-electron chi connectivity index (χ2n) is 5.92. The Balaban J connectivity index is 1.56. The predicted octanol–water partition coefficient (Wildman–Crippen LogP) is 4.41. The fourth-order valence-electron chi connectivity index (χ4n) is 2.38. The van der Waals surface area contributed by atoms with E-state index in [1.165, 1.54) is 29.0 Å². The number of ether oxygens (including phenoxy) is 1. The molecule has 0 fully saturated rings. The van der Waals surface area contributed by atoms with E-state index >= 15 is 0 Å². The van der Waals surface area contributed by atoms with E-state index in [1.807, 2.05) is 32.0 Å². The van der Waals surface area contributed by atoms with E-state index in [4.69, 9.17) is 4.74 Å². The van der Waals surface area contributed by atoms with E-state index in [1.54, 1.807) is 17.5 Å². The summed E-state index contributed by atoms with van der Waals surface area (Å²) in [5.74, 6) is 0.263. The molecule has 26 heavy (non-hydrogen) atoms. The lowest BCUT2D eigenvalue weighted by molar-refractivity contribution is 0.0946. The summed E-state index contributed by atoms with van der Waals surface area (Å²) in [6.45, 7) is 4.70. The minimum atomic E-state index is -0.298.